The van der Waals surface area contributed by atoms with Gasteiger partial charge in [-0.05, 0) is 25.0 Å². The van der Waals surface area contributed by atoms with Crippen molar-refractivity contribution in [3.63, 3.8) is 0 Å². The van der Waals surface area contributed by atoms with Crippen LogP contribution in [0.4, 0.5) is 0 Å². The number of rotatable bonds is 2. The lowest BCUT2D eigenvalue weighted by molar-refractivity contribution is 0.0916. The Bertz CT molecular complexity index is 353. The maximum Gasteiger partial charge on any atom is 0.270 e. The molecule has 16 heavy (non-hydrogen) atoms. The SMILES string of the molecule is N[C@H]1CCCC[C@@H]1NC(=O)c1ccccn1. The van der Waals surface area contributed by atoms with Crippen molar-refractivity contribution in [2.45, 2.75) is 37.8 Å². The molecule has 1 heterocycles. The first-order chi connectivity index (χ1) is 7.77. The molecule has 0 unspecified atom stereocenters. The molecule has 0 spiro atoms. The normalized spacial score (nSPS) is 25.1. The Morgan fingerprint density at radius 1 is 1.38 bits per heavy atom. The average Bonchev–Trinajstić information content (AvgIpc) is 2.33. The second-order valence-electron chi connectivity index (χ2n) is 4.24. The predicted molar refractivity (Wildman–Crippen MR) is 61.9 cm³/mol. The summed E-state index contributed by atoms with van der Waals surface area (Å²) in [4.78, 5) is 15.8. The number of hydrogen-bond donors (Lipinski definition) is 2. The van der Waals surface area contributed by atoms with Gasteiger partial charge in [0.25, 0.3) is 5.91 Å². The second-order valence-corrected chi connectivity index (χ2v) is 4.24. The van der Waals surface area contributed by atoms with E-state index in [0.717, 1.165) is 25.7 Å². The average molecular weight is 219 g/mol. The molecule has 4 heteroatoms. The number of amides is 1. The van der Waals surface area contributed by atoms with Gasteiger partial charge in [-0.3, -0.25) is 9.78 Å². The monoisotopic (exact) mass is 219 g/mol. The summed E-state index contributed by atoms with van der Waals surface area (Å²) in [6.45, 7) is 0. The molecular formula is C12H17N3O. The predicted octanol–water partition coefficient (Wildman–Crippen LogP) is 1.08. The number of carbonyl (C=O) groups excluding carboxylic acids is 1. The minimum atomic E-state index is -0.122. The largest absolute Gasteiger partial charge is 0.346 e. The van der Waals surface area contributed by atoms with Gasteiger partial charge >= 0.3 is 0 Å². The van der Waals surface area contributed by atoms with E-state index in [2.05, 4.69) is 10.3 Å². The summed E-state index contributed by atoms with van der Waals surface area (Å²) in [5.41, 5.74) is 6.43. The lowest BCUT2D eigenvalue weighted by Gasteiger charge is -2.29. The summed E-state index contributed by atoms with van der Waals surface area (Å²) in [7, 11) is 0. The van der Waals surface area contributed by atoms with Crippen LogP contribution in [0, 0.1) is 0 Å². The Hall–Kier alpha value is -1.42. The summed E-state index contributed by atoms with van der Waals surface area (Å²) in [5.74, 6) is -0.122. The third kappa shape index (κ3) is 2.58. The van der Waals surface area contributed by atoms with Gasteiger partial charge in [0.1, 0.15) is 5.69 Å². The van der Waals surface area contributed by atoms with Crippen molar-refractivity contribution >= 4 is 5.91 Å². The molecule has 2 atom stereocenters. The molecule has 4 nitrogen and oxygen atoms in total. The minimum Gasteiger partial charge on any atom is -0.346 e. The molecule has 1 aromatic rings. The van der Waals surface area contributed by atoms with Gasteiger partial charge in [0.2, 0.25) is 0 Å². The van der Waals surface area contributed by atoms with Crippen molar-refractivity contribution in [1.29, 1.82) is 0 Å². The van der Waals surface area contributed by atoms with Crippen LogP contribution < -0.4 is 11.1 Å². The number of nitrogens with one attached hydrogen (secondary N) is 1. The van der Waals surface area contributed by atoms with Gasteiger partial charge < -0.3 is 11.1 Å². The van der Waals surface area contributed by atoms with E-state index >= 15 is 0 Å². The van der Waals surface area contributed by atoms with E-state index in [4.69, 9.17) is 5.73 Å². The van der Waals surface area contributed by atoms with Crippen molar-refractivity contribution in [2.75, 3.05) is 0 Å². The highest BCUT2D eigenvalue weighted by atomic mass is 16.1. The van der Waals surface area contributed by atoms with E-state index < -0.39 is 0 Å². The lowest BCUT2D eigenvalue weighted by atomic mass is 9.91. The zero-order chi connectivity index (χ0) is 11.4. The number of aromatic nitrogens is 1. The topological polar surface area (TPSA) is 68.0 Å². The molecular weight excluding hydrogens is 202 g/mol. The Morgan fingerprint density at radius 2 is 2.19 bits per heavy atom. The molecule has 1 aliphatic rings. The molecule has 0 aromatic carbocycles. The number of carbonyl (C=O) groups is 1. The first-order valence-corrected chi connectivity index (χ1v) is 5.75. The van der Waals surface area contributed by atoms with Gasteiger partial charge in [0.05, 0.1) is 0 Å². The highest BCUT2D eigenvalue weighted by molar-refractivity contribution is 5.92. The van der Waals surface area contributed by atoms with Gasteiger partial charge in [-0.1, -0.05) is 18.9 Å². The summed E-state index contributed by atoms with van der Waals surface area (Å²) < 4.78 is 0. The van der Waals surface area contributed by atoms with Crippen molar-refractivity contribution in [1.82, 2.24) is 10.3 Å². The number of nitrogens with zero attached hydrogens (tertiary/aromatic N) is 1. The van der Waals surface area contributed by atoms with Gasteiger partial charge in [-0.25, -0.2) is 0 Å². The van der Waals surface area contributed by atoms with Crippen LogP contribution in [0.5, 0.6) is 0 Å². The van der Waals surface area contributed by atoms with E-state index in [1.54, 1.807) is 18.3 Å². The highest BCUT2D eigenvalue weighted by Crippen LogP contribution is 2.17. The first-order valence-electron chi connectivity index (χ1n) is 5.75. The molecule has 2 rings (SSSR count). The van der Waals surface area contributed by atoms with Crippen molar-refractivity contribution in [3.8, 4) is 0 Å². The van der Waals surface area contributed by atoms with Crippen LogP contribution in [0.1, 0.15) is 36.2 Å². The van der Waals surface area contributed by atoms with Gasteiger partial charge in [0, 0.05) is 18.3 Å². The molecule has 0 aliphatic heterocycles. The maximum atomic E-state index is 11.8. The summed E-state index contributed by atoms with van der Waals surface area (Å²) in [6, 6.07) is 5.50. The Labute approximate surface area is 95.3 Å². The Morgan fingerprint density at radius 3 is 2.88 bits per heavy atom. The van der Waals surface area contributed by atoms with E-state index in [1.165, 1.54) is 0 Å². The van der Waals surface area contributed by atoms with Crippen molar-refractivity contribution in [2.24, 2.45) is 5.73 Å². The summed E-state index contributed by atoms with van der Waals surface area (Å²) in [5, 5.41) is 2.96. The smallest absolute Gasteiger partial charge is 0.270 e. The zero-order valence-corrected chi connectivity index (χ0v) is 9.23. The first kappa shape index (κ1) is 11.1. The third-order valence-corrected chi connectivity index (χ3v) is 3.03. The molecule has 1 aromatic heterocycles. The zero-order valence-electron chi connectivity index (χ0n) is 9.23. The summed E-state index contributed by atoms with van der Waals surface area (Å²) >= 11 is 0. The third-order valence-electron chi connectivity index (χ3n) is 3.03. The van der Waals surface area contributed by atoms with Crippen molar-refractivity contribution < 1.29 is 4.79 Å². The molecule has 0 radical (unpaired) electrons. The fourth-order valence-electron chi connectivity index (χ4n) is 2.08. The highest BCUT2D eigenvalue weighted by Gasteiger charge is 2.23. The van der Waals surface area contributed by atoms with E-state index in [-0.39, 0.29) is 18.0 Å². The van der Waals surface area contributed by atoms with Gasteiger partial charge in [-0.2, -0.15) is 0 Å². The molecule has 1 saturated carbocycles. The summed E-state index contributed by atoms with van der Waals surface area (Å²) in [6.07, 6.45) is 5.89. The van der Waals surface area contributed by atoms with Crippen LogP contribution >= 0.6 is 0 Å². The standard InChI is InChI=1S/C12H17N3O/c13-9-5-1-2-6-10(9)15-12(16)11-7-3-4-8-14-11/h3-4,7-10H,1-2,5-6,13H2,(H,15,16)/t9-,10-/m0/s1. The molecule has 86 valence electrons. The van der Waals surface area contributed by atoms with Crippen LogP contribution in [0.15, 0.2) is 24.4 Å². The van der Waals surface area contributed by atoms with Crippen LogP contribution in [0.3, 0.4) is 0 Å². The van der Waals surface area contributed by atoms with E-state index in [9.17, 15) is 4.79 Å². The van der Waals surface area contributed by atoms with Crippen molar-refractivity contribution in [3.05, 3.63) is 30.1 Å². The van der Waals surface area contributed by atoms with Crippen LogP contribution in [-0.4, -0.2) is 23.0 Å². The van der Waals surface area contributed by atoms with E-state index in [1.807, 2.05) is 6.07 Å². The Balaban J connectivity index is 1.96. The fraction of sp³-hybridized carbons (Fsp3) is 0.500. The molecule has 1 aliphatic carbocycles. The van der Waals surface area contributed by atoms with Crippen LogP contribution in [0.25, 0.3) is 0 Å². The van der Waals surface area contributed by atoms with Crippen LogP contribution in [-0.2, 0) is 0 Å². The second kappa shape index (κ2) is 5.07. The quantitative estimate of drug-likeness (QED) is 0.782. The molecule has 0 saturated heterocycles. The van der Waals surface area contributed by atoms with Crippen LogP contribution in [0.2, 0.25) is 0 Å². The molecule has 1 fully saturated rings. The molecule has 1 amide bonds. The maximum absolute atomic E-state index is 11.8. The van der Waals surface area contributed by atoms with Gasteiger partial charge in [-0.15, -0.1) is 0 Å². The fourth-order valence-corrected chi connectivity index (χ4v) is 2.08. The van der Waals surface area contributed by atoms with E-state index in [0.29, 0.717) is 5.69 Å². The minimum absolute atomic E-state index is 0.0846. The molecule has 0 bridgehead atoms. The number of hydrogen-bond acceptors (Lipinski definition) is 3. The molecule has 3 N–H and O–H groups in total. The number of pyridine rings is 1. The number of nitrogens with two attached hydrogens (primary N) is 1. The lowest BCUT2D eigenvalue weighted by Crippen LogP contribution is -2.49. The van der Waals surface area contributed by atoms with Gasteiger partial charge in [0.15, 0.2) is 0 Å². The Kier molecular flexibility index (Phi) is 3.51.